The largest absolute Gasteiger partial charge is 0.378 e. The molecule has 0 unspecified atom stereocenters. The number of thiazole rings is 1. The van der Waals surface area contributed by atoms with Crippen LogP contribution in [0.5, 0.6) is 0 Å². The highest BCUT2D eigenvalue weighted by Gasteiger charge is 2.23. The van der Waals surface area contributed by atoms with E-state index in [1.54, 1.807) is 64.7 Å². The van der Waals surface area contributed by atoms with Crippen molar-refractivity contribution in [3.8, 4) is 0 Å². The van der Waals surface area contributed by atoms with Crippen LogP contribution in [-0.2, 0) is 10.5 Å². The van der Waals surface area contributed by atoms with Crippen molar-refractivity contribution in [1.29, 1.82) is 0 Å². The molecule has 9 heteroatoms. The maximum Gasteiger partial charge on any atom is 0.256 e. The minimum Gasteiger partial charge on any atom is -0.378 e. The summed E-state index contributed by atoms with van der Waals surface area (Å²) < 4.78 is 7.30. The van der Waals surface area contributed by atoms with Gasteiger partial charge in [-0.3, -0.25) is 14.6 Å². The summed E-state index contributed by atoms with van der Waals surface area (Å²) in [5.41, 5.74) is 3.51. The first-order valence-electron chi connectivity index (χ1n) is 10.9. The van der Waals surface area contributed by atoms with Gasteiger partial charge in [-0.05, 0) is 48.0 Å². The van der Waals surface area contributed by atoms with E-state index in [9.17, 15) is 9.59 Å². The summed E-state index contributed by atoms with van der Waals surface area (Å²) in [5.74, 6) is 0.357. The number of anilines is 1. The third-order valence-electron chi connectivity index (χ3n) is 5.44. The Balaban J connectivity index is 1.30. The van der Waals surface area contributed by atoms with E-state index >= 15 is 0 Å². The zero-order chi connectivity index (χ0) is 23.3. The predicted molar refractivity (Wildman–Crippen MR) is 135 cm³/mol. The third-order valence-corrected chi connectivity index (χ3v) is 7.67. The lowest BCUT2D eigenvalue weighted by atomic mass is 10.0. The van der Waals surface area contributed by atoms with E-state index in [0.717, 1.165) is 20.3 Å². The number of fused-ring (bicyclic) bond motifs is 1. The number of hydrogen-bond acceptors (Lipinski definition) is 7. The average molecular weight is 491 g/mol. The summed E-state index contributed by atoms with van der Waals surface area (Å²) >= 11 is 3.27. The van der Waals surface area contributed by atoms with E-state index in [2.05, 4.69) is 15.3 Å². The third kappa shape index (κ3) is 5.11. The summed E-state index contributed by atoms with van der Waals surface area (Å²) in [6.07, 6.45) is 3.58. The van der Waals surface area contributed by atoms with Gasteiger partial charge in [0, 0.05) is 36.9 Å². The van der Waals surface area contributed by atoms with Crippen molar-refractivity contribution in [2.45, 2.75) is 10.1 Å². The Morgan fingerprint density at radius 2 is 1.79 bits per heavy atom. The van der Waals surface area contributed by atoms with Gasteiger partial charge in [0.15, 0.2) is 4.34 Å². The molecule has 4 aromatic rings. The second-order valence-corrected chi connectivity index (χ2v) is 9.96. The Hall–Kier alpha value is -3.27. The number of carbonyl (C=O) groups excluding carboxylic acids is 2. The molecule has 3 heterocycles. The van der Waals surface area contributed by atoms with Gasteiger partial charge in [0.1, 0.15) is 0 Å². The van der Waals surface area contributed by atoms with Crippen LogP contribution in [-0.4, -0.2) is 53.0 Å². The molecule has 1 N–H and O–H groups in total. The van der Waals surface area contributed by atoms with Gasteiger partial charge in [-0.1, -0.05) is 23.9 Å². The van der Waals surface area contributed by atoms with E-state index in [1.807, 2.05) is 30.3 Å². The van der Waals surface area contributed by atoms with E-state index < -0.39 is 0 Å². The minimum absolute atomic E-state index is 0.150. The fourth-order valence-corrected chi connectivity index (χ4v) is 5.73. The molecule has 7 nitrogen and oxygen atoms in total. The fourth-order valence-electron chi connectivity index (χ4n) is 3.67. The first-order valence-corrected chi connectivity index (χ1v) is 12.7. The van der Waals surface area contributed by atoms with Gasteiger partial charge in [-0.15, -0.1) is 11.3 Å². The van der Waals surface area contributed by atoms with Crippen LogP contribution in [0.3, 0.4) is 0 Å². The van der Waals surface area contributed by atoms with Crippen LogP contribution in [0, 0.1) is 0 Å². The maximum absolute atomic E-state index is 13.1. The van der Waals surface area contributed by atoms with Crippen LogP contribution >= 0.6 is 23.1 Å². The normalized spacial score (nSPS) is 13.7. The van der Waals surface area contributed by atoms with E-state index in [4.69, 9.17) is 4.74 Å². The second-order valence-electron chi connectivity index (χ2n) is 7.71. The van der Waals surface area contributed by atoms with Gasteiger partial charge < -0.3 is 15.0 Å². The van der Waals surface area contributed by atoms with Crippen molar-refractivity contribution in [3.63, 3.8) is 0 Å². The molecular formula is C25H22N4O3S2. The van der Waals surface area contributed by atoms with Gasteiger partial charge >= 0.3 is 0 Å². The Bertz CT molecular complexity index is 1320. The highest BCUT2D eigenvalue weighted by molar-refractivity contribution is 8.00. The number of nitrogens with zero attached hydrogens (tertiary/aromatic N) is 3. The number of pyridine rings is 1. The molecule has 2 aromatic carbocycles. The number of aromatic nitrogens is 2. The lowest BCUT2D eigenvalue weighted by Gasteiger charge is -2.27. The Morgan fingerprint density at radius 3 is 2.59 bits per heavy atom. The van der Waals surface area contributed by atoms with Gasteiger partial charge in [0.25, 0.3) is 11.8 Å². The van der Waals surface area contributed by atoms with E-state index in [0.29, 0.717) is 43.1 Å². The molecule has 2 aromatic heterocycles. The number of thioether (sulfide) groups is 1. The Morgan fingerprint density at radius 1 is 1.03 bits per heavy atom. The predicted octanol–water partition coefficient (Wildman–Crippen LogP) is 4.71. The van der Waals surface area contributed by atoms with Crippen LogP contribution in [0.2, 0.25) is 0 Å². The highest BCUT2D eigenvalue weighted by atomic mass is 32.2. The fraction of sp³-hybridized carbons (Fsp3) is 0.200. The first kappa shape index (κ1) is 22.5. The molecule has 1 saturated heterocycles. The molecule has 1 aliphatic heterocycles. The molecule has 1 fully saturated rings. The molecule has 0 bridgehead atoms. The maximum atomic E-state index is 13.1. The van der Waals surface area contributed by atoms with Crippen molar-refractivity contribution < 1.29 is 14.3 Å². The zero-order valence-corrected chi connectivity index (χ0v) is 19.9. The summed E-state index contributed by atoms with van der Waals surface area (Å²) in [5, 5.41) is 2.95. The average Bonchev–Trinajstić information content (AvgIpc) is 3.30. The summed E-state index contributed by atoms with van der Waals surface area (Å²) in [7, 11) is 0. The van der Waals surface area contributed by atoms with Crippen molar-refractivity contribution >= 4 is 50.8 Å². The SMILES string of the molecule is O=C(Nc1ccc2nc(SCc3ccncc3)sc2c1)c1ccccc1C(=O)N1CCOCC1. The molecule has 0 spiro atoms. The van der Waals surface area contributed by atoms with E-state index in [-0.39, 0.29) is 11.8 Å². The zero-order valence-electron chi connectivity index (χ0n) is 18.3. The molecule has 0 radical (unpaired) electrons. The van der Waals surface area contributed by atoms with Gasteiger partial charge in [-0.2, -0.15) is 0 Å². The minimum atomic E-state index is -0.312. The van der Waals surface area contributed by atoms with E-state index in [1.165, 1.54) is 5.56 Å². The molecule has 34 heavy (non-hydrogen) atoms. The van der Waals surface area contributed by atoms with Crippen molar-refractivity contribution in [2.75, 3.05) is 31.6 Å². The molecule has 2 amide bonds. The Kier molecular flexibility index (Phi) is 6.84. The lowest BCUT2D eigenvalue weighted by Crippen LogP contribution is -2.41. The van der Waals surface area contributed by atoms with Crippen LogP contribution in [0.25, 0.3) is 10.2 Å². The topological polar surface area (TPSA) is 84.4 Å². The molecule has 0 atom stereocenters. The van der Waals surface area contributed by atoms with Crippen molar-refractivity contribution in [2.24, 2.45) is 0 Å². The Labute approximate surface area is 205 Å². The van der Waals surface area contributed by atoms with Gasteiger partial charge in [0.2, 0.25) is 0 Å². The number of amides is 2. The van der Waals surface area contributed by atoms with Crippen LogP contribution < -0.4 is 5.32 Å². The standard InChI is InChI=1S/C25H22N4O3S2/c30-23(19-3-1-2-4-20(19)24(31)29-11-13-32-14-12-29)27-18-5-6-21-22(15-18)34-25(28-21)33-16-17-7-9-26-10-8-17/h1-10,15H,11-14,16H2,(H,27,30). The summed E-state index contributed by atoms with van der Waals surface area (Å²) in [6, 6.07) is 16.6. The number of hydrogen-bond donors (Lipinski definition) is 1. The highest BCUT2D eigenvalue weighted by Crippen LogP contribution is 2.33. The quantitative estimate of drug-likeness (QED) is 0.394. The van der Waals surface area contributed by atoms with Crippen LogP contribution in [0.1, 0.15) is 26.3 Å². The number of nitrogens with one attached hydrogen (secondary N) is 1. The van der Waals surface area contributed by atoms with Gasteiger partial charge in [0.05, 0.1) is 34.6 Å². The van der Waals surface area contributed by atoms with Crippen LogP contribution in [0.4, 0.5) is 5.69 Å². The summed E-state index contributed by atoms with van der Waals surface area (Å²) in [6.45, 7) is 2.08. The number of rotatable bonds is 6. The summed E-state index contributed by atoms with van der Waals surface area (Å²) in [4.78, 5) is 36.6. The number of morpholine rings is 1. The molecule has 5 rings (SSSR count). The smallest absolute Gasteiger partial charge is 0.256 e. The number of carbonyl (C=O) groups is 2. The van der Waals surface area contributed by atoms with Crippen molar-refractivity contribution in [3.05, 3.63) is 83.7 Å². The molecule has 172 valence electrons. The molecule has 0 aliphatic carbocycles. The second kappa shape index (κ2) is 10.3. The van der Waals surface area contributed by atoms with Crippen molar-refractivity contribution in [1.82, 2.24) is 14.9 Å². The number of benzene rings is 2. The molecular weight excluding hydrogens is 468 g/mol. The molecule has 1 aliphatic rings. The van der Waals surface area contributed by atoms with Crippen LogP contribution in [0.15, 0.2) is 71.3 Å². The van der Waals surface area contributed by atoms with Gasteiger partial charge in [-0.25, -0.2) is 4.98 Å². The lowest BCUT2D eigenvalue weighted by molar-refractivity contribution is 0.0302. The number of ether oxygens (including phenoxy) is 1. The molecule has 0 saturated carbocycles. The first-order chi connectivity index (χ1) is 16.7. The monoisotopic (exact) mass is 490 g/mol.